The average Bonchev–Trinajstić information content (AvgIpc) is 2.05. The van der Waals surface area contributed by atoms with Crippen molar-refractivity contribution in [1.29, 1.82) is 0 Å². The summed E-state index contributed by atoms with van der Waals surface area (Å²) < 4.78 is 0. The third-order valence-electron chi connectivity index (χ3n) is 1.48. The van der Waals surface area contributed by atoms with Crippen LogP contribution < -0.4 is 10.6 Å². The van der Waals surface area contributed by atoms with Crippen molar-refractivity contribution in [2.24, 2.45) is 5.73 Å². The van der Waals surface area contributed by atoms with E-state index in [9.17, 15) is 4.79 Å². The van der Waals surface area contributed by atoms with Crippen LogP contribution in [0, 0.1) is 6.54 Å². The van der Waals surface area contributed by atoms with Gasteiger partial charge in [-0.2, -0.15) is 0 Å². The quantitative estimate of drug-likeness (QED) is 0.715. The highest BCUT2D eigenvalue weighted by atomic mass is 16.1. The Hall–Kier alpha value is -1.51. The van der Waals surface area contributed by atoms with Gasteiger partial charge in [-0.05, 0) is 12.1 Å². The minimum atomic E-state index is -0.443. The van der Waals surface area contributed by atoms with E-state index in [1.807, 2.05) is 30.3 Å². The molecule has 2 N–H and O–H groups in total. The predicted molar refractivity (Wildman–Crippen MR) is 48.3 cm³/mol. The molecule has 3 nitrogen and oxygen atoms in total. The van der Waals surface area contributed by atoms with E-state index in [0.29, 0.717) is 0 Å². The molecule has 1 aromatic carbocycles. The zero-order valence-corrected chi connectivity index (χ0v) is 6.90. The van der Waals surface area contributed by atoms with Crippen LogP contribution in [0.5, 0.6) is 0 Å². The molecule has 0 bridgehead atoms. The van der Waals surface area contributed by atoms with Gasteiger partial charge < -0.3 is 10.6 Å². The molecule has 1 amide bonds. The summed E-state index contributed by atoms with van der Waals surface area (Å²) >= 11 is 0. The van der Waals surface area contributed by atoms with Gasteiger partial charge in [-0.3, -0.25) is 4.79 Å². The van der Waals surface area contributed by atoms with Gasteiger partial charge in [0.05, 0.1) is 0 Å². The lowest BCUT2D eigenvalue weighted by atomic mass is 10.3. The minimum Gasteiger partial charge on any atom is -0.368 e. The van der Waals surface area contributed by atoms with E-state index >= 15 is 0 Å². The molecule has 12 heavy (non-hydrogen) atoms. The summed E-state index contributed by atoms with van der Waals surface area (Å²) in [5.74, 6) is -0.443. The molecule has 0 aliphatic rings. The number of nitrogens with zero attached hydrogens (tertiary/aromatic N) is 1. The van der Waals surface area contributed by atoms with Gasteiger partial charge in [0.15, 0.2) is 0 Å². The highest BCUT2D eigenvalue weighted by Gasteiger charge is 2.02. The van der Waals surface area contributed by atoms with E-state index in [1.54, 1.807) is 11.9 Å². The van der Waals surface area contributed by atoms with Crippen molar-refractivity contribution in [3.63, 3.8) is 0 Å². The molecular weight excluding hydrogens is 152 g/mol. The number of hydrogen-bond acceptors (Lipinski definition) is 2. The molecule has 0 unspecified atom stereocenters. The number of carbonyl (C=O) groups excluding carboxylic acids is 1. The molecule has 3 heteroatoms. The third-order valence-corrected chi connectivity index (χ3v) is 1.48. The highest BCUT2D eigenvalue weighted by Crippen LogP contribution is 2.11. The van der Waals surface area contributed by atoms with Gasteiger partial charge in [0.25, 0.3) is 0 Å². The summed E-state index contributed by atoms with van der Waals surface area (Å²) in [6.07, 6.45) is 0. The Morgan fingerprint density at radius 1 is 1.42 bits per heavy atom. The molecule has 0 heterocycles. The highest BCUT2D eigenvalue weighted by molar-refractivity contribution is 5.86. The van der Waals surface area contributed by atoms with Crippen LogP contribution in [0.2, 0.25) is 0 Å². The molecule has 0 aliphatic heterocycles. The molecule has 0 saturated carbocycles. The first-order valence-corrected chi connectivity index (χ1v) is 3.62. The molecule has 63 valence electrons. The van der Waals surface area contributed by atoms with Crippen molar-refractivity contribution < 1.29 is 4.79 Å². The van der Waals surface area contributed by atoms with Crippen LogP contribution in [0.4, 0.5) is 5.69 Å². The number of hydrogen-bond donors (Lipinski definition) is 1. The molecule has 0 spiro atoms. The van der Waals surface area contributed by atoms with E-state index < -0.39 is 5.91 Å². The lowest BCUT2D eigenvalue weighted by Crippen LogP contribution is -2.24. The van der Waals surface area contributed by atoms with Crippen LogP contribution in [0.1, 0.15) is 0 Å². The number of carbonyl (C=O) groups is 1. The van der Waals surface area contributed by atoms with Crippen molar-refractivity contribution in [2.75, 3.05) is 11.9 Å². The van der Waals surface area contributed by atoms with Crippen molar-refractivity contribution in [2.45, 2.75) is 0 Å². The van der Waals surface area contributed by atoms with Crippen molar-refractivity contribution >= 4 is 11.6 Å². The zero-order chi connectivity index (χ0) is 8.97. The largest absolute Gasteiger partial charge is 0.368 e. The van der Waals surface area contributed by atoms with Crippen LogP contribution in [0.15, 0.2) is 30.3 Å². The first-order chi connectivity index (χ1) is 5.70. The smallest absolute Gasteiger partial charge is 0.242 e. The summed E-state index contributed by atoms with van der Waals surface area (Å²) in [5.41, 5.74) is 5.94. The van der Waals surface area contributed by atoms with Crippen LogP contribution in [0.25, 0.3) is 0 Å². The van der Waals surface area contributed by atoms with Gasteiger partial charge in [-0.1, -0.05) is 18.2 Å². The number of primary amides is 1. The molecule has 0 aromatic heterocycles. The second kappa shape index (κ2) is 3.76. The number of nitrogens with two attached hydrogens (primary N) is 1. The molecule has 0 saturated heterocycles. The van der Waals surface area contributed by atoms with E-state index in [2.05, 4.69) is 0 Å². The Bertz CT molecular complexity index is 258. The number of anilines is 1. The first-order valence-electron chi connectivity index (χ1n) is 3.62. The summed E-state index contributed by atoms with van der Waals surface area (Å²) in [7, 11) is 1.78. The van der Waals surface area contributed by atoms with E-state index in [4.69, 9.17) is 5.73 Å². The van der Waals surface area contributed by atoms with Crippen molar-refractivity contribution in [3.8, 4) is 0 Å². The van der Waals surface area contributed by atoms with Crippen LogP contribution in [-0.4, -0.2) is 13.0 Å². The summed E-state index contributed by atoms with van der Waals surface area (Å²) in [6.45, 7) is 1.34. The Labute approximate surface area is 71.8 Å². The second-order valence-electron chi connectivity index (χ2n) is 2.48. The molecule has 0 fully saturated rings. The maximum Gasteiger partial charge on any atom is 0.242 e. The summed E-state index contributed by atoms with van der Waals surface area (Å²) in [6, 6.07) is 9.53. The Morgan fingerprint density at radius 3 is 2.50 bits per heavy atom. The Kier molecular flexibility index (Phi) is 2.69. The molecule has 0 aliphatic carbocycles. The monoisotopic (exact) mass is 163 g/mol. The van der Waals surface area contributed by atoms with Gasteiger partial charge in [-0.15, -0.1) is 0 Å². The van der Waals surface area contributed by atoms with Crippen LogP contribution in [0.3, 0.4) is 0 Å². The average molecular weight is 163 g/mol. The summed E-state index contributed by atoms with van der Waals surface area (Å²) in [5, 5.41) is 0. The number of likely N-dealkylation sites (N-methyl/N-ethyl adjacent to an activating group) is 1. The third kappa shape index (κ3) is 2.27. The molecule has 1 radical (unpaired) electrons. The zero-order valence-electron chi connectivity index (χ0n) is 6.90. The maximum absolute atomic E-state index is 10.5. The van der Waals surface area contributed by atoms with Gasteiger partial charge in [-0.25, -0.2) is 0 Å². The fourth-order valence-electron chi connectivity index (χ4n) is 0.929. The van der Waals surface area contributed by atoms with E-state index in [1.165, 1.54) is 6.54 Å². The number of para-hydroxylation sites is 1. The number of rotatable bonds is 3. The van der Waals surface area contributed by atoms with Gasteiger partial charge in [0, 0.05) is 12.7 Å². The molecule has 1 rings (SSSR count). The minimum absolute atomic E-state index is 0.443. The Balaban J connectivity index is 2.65. The topological polar surface area (TPSA) is 46.3 Å². The lowest BCUT2D eigenvalue weighted by Gasteiger charge is -2.15. The van der Waals surface area contributed by atoms with Gasteiger partial charge in [0.1, 0.15) is 6.54 Å². The number of amides is 1. The van der Waals surface area contributed by atoms with Crippen LogP contribution in [-0.2, 0) is 4.79 Å². The fraction of sp³-hybridized carbons (Fsp3) is 0.111. The van der Waals surface area contributed by atoms with Gasteiger partial charge in [0.2, 0.25) is 5.91 Å². The predicted octanol–water partition coefficient (Wildman–Crippen LogP) is 0.770. The van der Waals surface area contributed by atoms with Crippen molar-refractivity contribution in [3.05, 3.63) is 36.9 Å². The molecule has 0 atom stereocenters. The van der Waals surface area contributed by atoms with E-state index in [-0.39, 0.29) is 0 Å². The molecular formula is C9H11N2O. The fourth-order valence-corrected chi connectivity index (χ4v) is 0.929. The van der Waals surface area contributed by atoms with Crippen molar-refractivity contribution in [1.82, 2.24) is 0 Å². The van der Waals surface area contributed by atoms with Gasteiger partial charge >= 0.3 is 0 Å². The van der Waals surface area contributed by atoms with E-state index in [0.717, 1.165) is 5.69 Å². The SMILES string of the molecule is CN([CH]C(N)=O)c1ccccc1. The standard InChI is InChI=1S/C9H11N2O/c1-11(7-9(10)12)8-5-3-2-4-6-8/h2-7H,1H3,(H2,10,12). The van der Waals surface area contributed by atoms with Crippen LogP contribution >= 0.6 is 0 Å². The number of benzene rings is 1. The maximum atomic E-state index is 10.5. The second-order valence-corrected chi connectivity index (χ2v) is 2.48. The lowest BCUT2D eigenvalue weighted by molar-refractivity contribution is -0.114. The first kappa shape index (κ1) is 8.59. The normalized spacial score (nSPS) is 9.42. The Morgan fingerprint density at radius 2 is 2.00 bits per heavy atom. The summed E-state index contributed by atoms with van der Waals surface area (Å²) in [4.78, 5) is 12.2. The molecule has 1 aromatic rings.